The zero-order chi connectivity index (χ0) is 5.45. The van der Waals surface area contributed by atoms with Crippen molar-refractivity contribution in [3.05, 3.63) is 0 Å². The Labute approximate surface area is 49.1 Å². The number of hydrogen-bond donors (Lipinski definition) is 1. The summed E-state index contributed by atoms with van der Waals surface area (Å²) in [4.78, 5) is 0. The summed E-state index contributed by atoms with van der Waals surface area (Å²) in [5.74, 6) is 0. The van der Waals surface area contributed by atoms with Gasteiger partial charge in [-0.1, -0.05) is 0 Å². The van der Waals surface area contributed by atoms with E-state index in [2.05, 4.69) is 0 Å². The number of halogens is 1. The van der Waals surface area contributed by atoms with Crippen LogP contribution in [0.4, 0.5) is 0 Å². The van der Waals surface area contributed by atoms with Crippen LogP contribution in [0.25, 0.3) is 0 Å². The van der Waals surface area contributed by atoms with Crippen molar-refractivity contribution in [2.45, 2.75) is 0 Å². The topological polar surface area (TPSA) is 37.3 Å². The minimum absolute atomic E-state index is 1.30. The van der Waals surface area contributed by atoms with Gasteiger partial charge in [-0.2, -0.15) is 4.21 Å². The molecule has 0 unspecified atom stereocenters. The van der Waals surface area contributed by atoms with Crippen molar-refractivity contribution in [2.75, 3.05) is 12.5 Å². The van der Waals surface area contributed by atoms with Crippen LogP contribution in [0.3, 0.4) is 0 Å². The van der Waals surface area contributed by atoms with Gasteiger partial charge in [0.25, 0.3) is 0 Å². The van der Waals surface area contributed by atoms with E-state index in [1.165, 1.54) is 33.7 Å². The van der Waals surface area contributed by atoms with Crippen molar-refractivity contribution >= 4 is 27.7 Å². The van der Waals surface area contributed by atoms with Gasteiger partial charge >= 0.3 is 0 Å². The van der Waals surface area contributed by atoms with Crippen molar-refractivity contribution < 1.29 is 8.76 Å². The van der Waals surface area contributed by atoms with E-state index in [1.807, 2.05) is 0 Å². The van der Waals surface area contributed by atoms with Crippen LogP contribution < -0.4 is 0 Å². The highest BCUT2D eigenvalue weighted by Gasteiger charge is 2.03. The fraction of sp³-hybridized carbons (Fsp3) is 1.00. The van der Waals surface area contributed by atoms with Crippen LogP contribution >= 0.6 is 21.2 Å². The van der Waals surface area contributed by atoms with Gasteiger partial charge in [-0.25, -0.2) is 0 Å². The molecule has 6 heavy (non-hydrogen) atoms. The average Bonchev–Trinajstić information content (AvgIpc) is 0.650. The molecule has 4 heteroatoms. The summed E-state index contributed by atoms with van der Waals surface area (Å²) in [6.07, 6.45) is 2.61. The molecule has 0 aliphatic heterocycles. The van der Waals surface area contributed by atoms with Crippen molar-refractivity contribution in [3.63, 3.8) is 0 Å². The normalized spacial score (nSPS) is 19.0. The maximum absolute atomic E-state index is 10.3. The van der Waals surface area contributed by atoms with Crippen LogP contribution in [0.1, 0.15) is 0 Å². The molecule has 0 fully saturated rings. The number of rotatable bonds is 0. The van der Waals surface area contributed by atoms with Gasteiger partial charge in [0, 0.05) is 12.5 Å². The molecule has 0 aromatic heterocycles. The largest absolute Gasteiger partial charge is 0.295 e. The summed E-state index contributed by atoms with van der Waals surface area (Å²) in [6.45, 7) is -3.13. The molecule has 0 heterocycles. The SMILES string of the molecule is CS(C)(=O)(O)I. The Hall–Kier alpha value is 0.840. The van der Waals surface area contributed by atoms with Crippen LogP contribution in [-0.4, -0.2) is 21.3 Å². The molecule has 0 radical (unpaired) electrons. The van der Waals surface area contributed by atoms with E-state index in [4.69, 9.17) is 4.55 Å². The van der Waals surface area contributed by atoms with E-state index in [0.29, 0.717) is 0 Å². The highest BCUT2D eigenvalue weighted by molar-refractivity contribution is 14.2. The van der Waals surface area contributed by atoms with Gasteiger partial charge in [-0.05, 0) is 0 Å². The molecule has 0 spiro atoms. The minimum Gasteiger partial charge on any atom is -0.295 e. The second-order valence-electron chi connectivity index (χ2n) is 1.62. The Balaban J connectivity index is 4.16. The first kappa shape index (κ1) is 6.84. The second kappa shape index (κ2) is 1.16. The molecule has 0 saturated heterocycles. The maximum atomic E-state index is 10.3. The Morgan fingerprint density at radius 2 is 1.67 bits per heavy atom. The molecule has 0 saturated carbocycles. The maximum Gasteiger partial charge on any atom is 0.0638 e. The first-order valence-corrected chi connectivity index (χ1v) is 6.60. The zero-order valence-corrected chi connectivity index (χ0v) is 6.62. The van der Waals surface area contributed by atoms with E-state index in [9.17, 15) is 4.21 Å². The predicted molar refractivity (Wildman–Crippen MR) is 36.6 cm³/mol. The lowest BCUT2D eigenvalue weighted by Gasteiger charge is -2.23. The third kappa shape index (κ3) is 101. The van der Waals surface area contributed by atoms with Gasteiger partial charge in [0.05, 0.1) is 21.2 Å². The van der Waals surface area contributed by atoms with E-state index >= 15 is 0 Å². The summed E-state index contributed by atoms with van der Waals surface area (Å²) >= 11 is 1.52. The quantitative estimate of drug-likeness (QED) is 0.488. The minimum atomic E-state index is -3.13. The van der Waals surface area contributed by atoms with E-state index < -0.39 is 6.52 Å². The molecule has 0 aliphatic rings. The van der Waals surface area contributed by atoms with E-state index in [-0.39, 0.29) is 0 Å². The summed E-state index contributed by atoms with van der Waals surface area (Å²) in [5, 5.41) is 0. The molecule has 0 aromatic rings. The van der Waals surface area contributed by atoms with Crippen LogP contribution in [0.5, 0.6) is 0 Å². The lowest BCUT2D eigenvalue weighted by Crippen LogP contribution is -2.16. The highest BCUT2D eigenvalue weighted by Crippen LogP contribution is 2.20. The lowest BCUT2D eigenvalue weighted by atomic mass is 11.9. The van der Waals surface area contributed by atoms with Gasteiger partial charge < -0.3 is 0 Å². The monoisotopic (exact) mass is 222 g/mol. The second-order valence-corrected chi connectivity index (χ2v) is 12.4. The first-order valence-electron chi connectivity index (χ1n) is 1.32. The van der Waals surface area contributed by atoms with Gasteiger partial charge in [0.15, 0.2) is 0 Å². The molecule has 0 amide bonds. The van der Waals surface area contributed by atoms with Crippen molar-refractivity contribution in [2.24, 2.45) is 0 Å². The van der Waals surface area contributed by atoms with Crippen LogP contribution in [0.2, 0.25) is 0 Å². The lowest BCUT2D eigenvalue weighted by molar-refractivity contribution is 0.551. The Kier molecular flexibility index (Phi) is 1.33. The fourth-order valence-corrected chi connectivity index (χ4v) is 0. The number of hydrogen-bond acceptors (Lipinski definition) is 1. The third-order valence-corrected chi connectivity index (χ3v) is 0. The van der Waals surface area contributed by atoms with Gasteiger partial charge in [-0.3, -0.25) is 4.55 Å². The average molecular weight is 222 g/mol. The molecule has 0 aromatic carbocycles. The zero-order valence-electron chi connectivity index (χ0n) is 3.64. The molecule has 0 rings (SSSR count). The van der Waals surface area contributed by atoms with Crippen LogP contribution in [0.15, 0.2) is 0 Å². The summed E-state index contributed by atoms with van der Waals surface area (Å²) in [7, 11) is 0. The molecular formula is C2H7IO2S. The van der Waals surface area contributed by atoms with Crippen LogP contribution in [-0.2, 0) is 6.52 Å². The summed E-state index contributed by atoms with van der Waals surface area (Å²) < 4.78 is 18.9. The Bertz CT molecular complexity index is 89.2. The van der Waals surface area contributed by atoms with E-state index in [0.717, 1.165) is 0 Å². The van der Waals surface area contributed by atoms with Gasteiger partial charge in [0.2, 0.25) is 0 Å². The van der Waals surface area contributed by atoms with Gasteiger partial charge in [0.1, 0.15) is 0 Å². The molecule has 0 bridgehead atoms. The molecule has 1 N–H and O–H groups in total. The Morgan fingerprint density at radius 3 is 1.67 bits per heavy atom. The first-order chi connectivity index (χ1) is 2.24. The van der Waals surface area contributed by atoms with Crippen molar-refractivity contribution in [3.8, 4) is 0 Å². The molecule has 2 nitrogen and oxygen atoms in total. The smallest absolute Gasteiger partial charge is 0.0638 e. The van der Waals surface area contributed by atoms with Gasteiger partial charge in [-0.15, -0.1) is 6.52 Å². The standard InChI is InChI=1S/C2H7IO2S/c1-6(2,3,4)5/h1-2H3,(H,4,5). The Morgan fingerprint density at radius 1 is 1.67 bits per heavy atom. The fourth-order valence-electron chi connectivity index (χ4n) is 0. The molecule has 0 atom stereocenters. The van der Waals surface area contributed by atoms with Crippen molar-refractivity contribution in [1.82, 2.24) is 0 Å². The predicted octanol–water partition coefficient (Wildman–Crippen LogP) is 0.889. The van der Waals surface area contributed by atoms with Crippen LogP contribution in [0, 0.1) is 0 Å². The molecule has 40 valence electrons. The summed E-state index contributed by atoms with van der Waals surface area (Å²) in [6, 6.07) is 0. The van der Waals surface area contributed by atoms with Crippen molar-refractivity contribution in [1.29, 1.82) is 0 Å². The molecular weight excluding hydrogens is 215 g/mol. The third-order valence-electron chi connectivity index (χ3n) is 0. The molecule has 0 aliphatic carbocycles. The summed E-state index contributed by atoms with van der Waals surface area (Å²) in [5.41, 5.74) is 0. The van der Waals surface area contributed by atoms with E-state index in [1.54, 1.807) is 0 Å². The highest BCUT2D eigenvalue weighted by atomic mass is 127.